The summed E-state index contributed by atoms with van der Waals surface area (Å²) in [6.45, 7) is 8.05. The number of nitrogens with one attached hydrogen (secondary N) is 1. The fourth-order valence-electron chi connectivity index (χ4n) is 2.61. The molecule has 2 aromatic carbocycles. The second-order valence-corrected chi connectivity index (χ2v) is 5.70. The number of carbonyl (C=O) groups is 1. The van der Waals surface area contributed by atoms with Crippen molar-refractivity contribution in [3.8, 4) is 0 Å². The molecule has 0 aliphatic heterocycles. The predicted octanol–water partition coefficient (Wildman–Crippen LogP) is 4.23. The van der Waals surface area contributed by atoms with Gasteiger partial charge in [0.25, 0.3) is 0 Å². The van der Waals surface area contributed by atoms with Crippen molar-refractivity contribution in [1.29, 1.82) is 0 Å². The van der Waals surface area contributed by atoms with Crippen molar-refractivity contribution >= 4 is 5.78 Å². The molecule has 0 saturated carbocycles. The number of hydrogen-bond acceptors (Lipinski definition) is 2. The van der Waals surface area contributed by atoms with Crippen LogP contribution in [0.1, 0.15) is 46.9 Å². The highest BCUT2D eigenvalue weighted by Crippen LogP contribution is 2.16. The van der Waals surface area contributed by atoms with Crippen LogP contribution in [-0.4, -0.2) is 11.8 Å². The SMILES string of the molecule is Cc1ccc(C(=O)C(C)NC(C)c2ccccc2)c(C)c1. The lowest BCUT2D eigenvalue weighted by molar-refractivity contribution is 0.0945. The van der Waals surface area contributed by atoms with Gasteiger partial charge in [0.1, 0.15) is 0 Å². The van der Waals surface area contributed by atoms with E-state index in [0.717, 1.165) is 11.1 Å². The first-order valence-corrected chi connectivity index (χ1v) is 7.41. The van der Waals surface area contributed by atoms with Crippen molar-refractivity contribution in [3.63, 3.8) is 0 Å². The molecule has 2 heteroatoms. The maximum Gasteiger partial charge on any atom is 0.179 e. The largest absolute Gasteiger partial charge is 0.301 e. The van der Waals surface area contributed by atoms with Gasteiger partial charge in [-0.15, -0.1) is 0 Å². The summed E-state index contributed by atoms with van der Waals surface area (Å²) < 4.78 is 0. The second-order valence-electron chi connectivity index (χ2n) is 5.70. The quantitative estimate of drug-likeness (QED) is 0.831. The van der Waals surface area contributed by atoms with Crippen molar-refractivity contribution in [3.05, 3.63) is 70.8 Å². The molecule has 2 nitrogen and oxygen atoms in total. The van der Waals surface area contributed by atoms with E-state index in [9.17, 15) is 4.79 Å². The molecular weight excluding hydrogens is 258 g/mol. The third-order valence-electron chi connectivity index (χ3n) is 3.84. The van der Waals surface area contributed by atoms with E-state index >= 15 is 0 Å². The summed E-state index contributed by atoms with van der Waals surface area (Å²) in [6, 6.07) is 16.1. The molecule has 0 heterocycles. The smallest absolute Gasteiger partial charge is 0.179 e. The minimum atomic E-state index is -0.207. The van der Waals surface area contributed by atoms with Crippen molar-refractivity contribution in [2.45, 2.75) is 39.8 Å². The van der Waals surface area contributed by atoms with Crippen LogP contribution in [0.5, 0.6) is 0 Å². The topological polar surface area (TPSA) is 29.1 Å². The van der Waals surface area contributed by atoms with Crippen LogP contribution >= 0.6 is 0 Å². The van der Waals surface area contributed by atoms with Crippen molar-refractivity contribution in [1.82, 2.24) is 5.32 Å². The summed E-state index contributed by atoms with van der Waals surface area (Å²) >= 11 is 0. The molecule has 0 aliphatic rings. The second kappa shape index (κ2) is 6.68. The van der Waals surface area contributed by atoms with E-state index in [1.165, 1.54) is 11.1 Å². The fourth-order valence-corrected chi connectivity index (χ4v) is 2.61. The Labute approximate surface area is 127 Å². The van der Waals surface area contributed by atoms with Gasteiger partial charge in [0.05, 0.1) is 6.04 Å². The van der Waals surface area contributed by atoms with Crippen LogP contribution in [-0.2, 0) is 0 Å². The Morgan fingerprint density at radius 3 is 2.29 bits per heavy atom. The molecule has 2 rings (SSSR count). The van der Waals surface area contributed by atoms with Crippen LogP contribution in [0.15, 0.2) is 48.5 Å². The Morgan fingerprint density at radius 1 is 1.00 bits per heavy atom. The van der Waals surface area contributed by atoms with Crippen LogP contribution in [0.4, 0.5) is 0 Å². The highest BCUT2D eigenvalue weighted by molar-refractivity contribution is 6.01. The van der Waals surface area contributed by atoms with E-state index in [-0.39, 0.29) is 17.9 Å². The summed E-state index contributed by atoms with van der Waals surface area (Å²) in [5.74, 6) is 0.148. The molecule has 0 bridgehead atoms. The molecule has 2 unspecified atom stereocenters. The van der Waals surface area contributed by atoms with Gasteiger partial charge in [-0.1, -0.05) is 54.1 Å². The van der Waals surface area contributed by atoms with Gasteiger partial charge in [0.15, 0.2) is 5.78 Å². The minimum absolute atomic E-state index is 0.148. The zero-order valence-corrected chi connectivity index (χ0v) is 13.2. The molecule has 21 heavy (non-hydrogen) atoms. The van der Waals surface area contributed by atoms with Crippen molar-refractivity contribution in [2.24, 2.45) is 0 Å². The number of Topliss-reactive ketones (excluding diaryl/α,β-unsaturated/α-hetero) is 1. The number of hydrogen-bond donors (Lipinski definition) is 1. The molecule has 0 fully saturated rings. The summed E-state index contributed by atoms with van der Waals surface area (Å²) in [6.07, 6.45) is 0. The van der Waals surface area contributed by atoms with Gasteiger partial charge in [-0.3, -0.25) is 4.79 Å². The van der Waals surface area contributed by atoms with Gasteiger partial charge in [0.2, 0.25) is 0 Å². The first-order chi connectivity index (χ1) is 9.99. The highest BCUT2D eigenvalue weighted by Gasteiger charge is 2.19. The zero-order chi connectivity index (χ0) is 15.4. The van der Waals surface area contributed by atoms with Crippen LogP contribution in [0, 0.1) is 13.8 Å². The molecule has 2 aromatic rings. The van der Waals surface area contributed by atoms with Gasteiger partial charge in [-0.25, -0.2) is 0 Å². The first kappa shape index (κ1) is 15.5. The van der Waals surface area contributed by atoms with E-state index in [1.807, 2.05) is 51.1 Å². The lowest BCUT2D eigenvalue weighted by Gasteiger charge is -2.20. The standard InChI is InChI=1S/C19H23NO/c1-13-10-11-18(14(2)12-13)19(21)16(4)20-15(3)17-8-6-5-7-9-17/h5-12,15-16,20H,1-4H3. The van der Waals surface area contributed by atoms with E-state index in [1.54, 1.807) is 0 Å². The summed E-state index contributed by atoms with van der Waals surface area (Å²) in [5, 5.41) is 3.39. The van der Waals surface area contributed by atoms with E-state index in [4.69, 9.17) is 0 Å². The average molecular weight is 281 g/mol. The summed E-state index contributed by atoms with van der Waals surface area (Å²) in [4.78, 5) is 12.6. The lowest BCUT2D eigenvalue weighted by atomic mass is 9.97. The fraction of sp³-hybridized carbons (Fsp3) is 0.316. The van der Waals surface area contributed by atoms with Crippen molar-refractivity contribution < 1.29 is 4.79 Å². The van der Waals surface area contributed by atoms with E-state index in [0.29, 0.717) is 0 Å². The summed E-state index contributed by atoms with van der Waals surface area (Å²) in [7, 11) is 0. The molecule has 0 aliphatic carbocycles. The number of carbonyl (C=O) groups excluding carboxylic acids is 1. The molecule has 2 atom stereocenters. The molecule has 0 radical (unpaired) electrons. The Balaban J connectivity index is 2.09. The average Bonchev–Trinajstić information content (AvgIpc) is 2.47. The molecule has 0 aromatic heterocycles. The number of rotatable bonds is 5. The van der Waals surface area contributed by atoms with Crippen molar-refractivity contribution in [2.75, 3.05) is 0 Å². The van der Waals surface area contributed by atoms with Gasteiger partial charge in [0, 0.05) is 11.6 Å². The third kappa shape index (κ3) is 3.79. The Bertz CT molecular complexity index is 619. The number of ketones is 1. The van der Waals surface area contributed by atoms with Crippen LogP contribution in [0.25, 0.3) is 0 Å². The van der Waals surface area contributed by atoms with Gasteiger partial charge in [-0.05, 0) is 38.8 Å². The van der Waals surface area contributed by atoms with E-state index < -0.39 is 0 Å². The minimum Gasteiger partial charge on any atom is -0.301 e. The zero-order valence-electron chi connectivity index (χ0n) is 13.2. The maximum atomic E-state index is 12.6. The lowest BCUT2D eigenvalue weighted by Crippen LogP contribution is -2.36. The number of benzene rings is 2. The van der Waals surface area contributed by atoms with Crippen LogP contribution in [0.2, 0.25) is 0 Å². The first-order valence-electron chi connectivity index (χ1n) is 7.41. The molecule has 1 N–H and O–H groups in total. The molecule has 0 saturated heterocycles. The van der Waals surface area contributed by atoms with E-state index in [2.05, 4.69) is 30.4 Å². The Kier molecular flexibility index (Phi) is 4.92. The highest BCUT2D eigenvalue weighted by atomic mass is 16.1. The van der Waals surface area contributed by atoms with Crippen LogP contribution in [0.3, 0.4) is 0 Å². The molecule has 0 spiro atoms. The van der Waals surface area contributed by atoms with Gasteiger partial charge >= 0.3 is 0 Å². The summed E-state index contributed by atoms with van der Waals surface area (Å²) in [5.41, 5.74) is 4.22. The molecular formula is C19H23NO. The van der Waals surface area contributed by atoms with Crippen LogP contribution < -0.4 is 5.32 Å². The third-order valence-corrected chi connectivity index (χ3v) is 3.84. The maximum absolute atomic E-state index is 12.6. The molecule has 0 amide bonds. The van der Waals surface area contributed by atoms with Gasteiger partial charge in [-0.2, -0.15) is 0 Å². The Morgan fingerprint density at radius 2 is 1.67 bits per heavy atom. The van der Waals surface area contributed by atoms with Gasteiger partial charge < -0.3 is 5.32 Å². The predicted molar refractivity (Wildman–Crippen MR) is 87.7 cm³/mol. The monoisotopic (exact) mass is 281 g/mol. The normalized spacial score (nSPS) is 13.7. The number of aryl methyl sites for hydroxylation is 2. The Hall–Kier alpha value is -1.93. The molecule has 110 valence electrons.